The molecule has 1 aromatic carbocycles. The Morgan fingerprint density at radius 3 is 2.74 bits per heavy atom. The van der Waals surface area contributed by atoms with Gasteiger partial charge in [-0.05, 0) is 49.9 Å². The number of carbonyl (C=O) groups is 2. The van der Waals surface area contributed by atoms with E-state index in [4.69, 9.17) is 0 Å². The van der Waals surface area contributed by atoms with Crippen molar-refractivity contribution in [2.24, 2.45) is 5.92 Å². The van der Waals surface area contributed by atoms with Crippen LogP contribution in [0, 0.1) is 11.7 Å². The molecular weight excluding hydrogens is 347 g/mol. The van der Waals surface area contributed by atoms with E-state index in [1.165, 1.54) is 6.07 Å². The molecule has 1 atom stereocenters. The number of benzene rings is 1. The molecule has 1 unspecified atom stereocenters. The lowest BCUT2D eigenvalue weighted by Crippen LogP contribution is -2.59. The molecule has 3 rings (SSSR count). The lowest BCUT2D eigenvalue weighted by Gasteiger charge is -2.35. The fraction of sp³-hybridized carbons (Fsp3) is 0.600. The van der Waals surface area contributed by atoms with E-state index in [-0.39, 0.29) is 24.2 Å². The minimum atomic E-state index is -0.461. The van der Waals surface area contributed by atoms with Crippen LogP contribution in [0.1, 0.15) is 18.4 Å². The highest BCUT2D eigenvalue weighted by Gasteiger charge is 2.29. The number of hydrogen-bond acceptors (Lipinski definition) is 4. The first kappa shape index (κ1) is 19.8. The van der Waals surface area contributed by atoms with Gasteiger partial charge in [-0.2, -0.15) is 0 Å². The Morgan fingerprint density at radius 2 is 2.04 bits per heavy atom. The molecule has 1 aromatic rings. The molecule has 2 saturated heterocycles. The van der Waals surface area contributed by atoms with E-state index in [1.54, 1.807) is 11.0 Å². The van der Waals surface area contributed by atoms with Gasteiger partial charge in [0.05, 0.1) is 6.54 Å². The second-order valence-corrected chi connectivity index (χ2v) is 7.60. The van der Waals surface area contributed by atoms with Crippen molar-refractivity contribution < 1.29 is 14.0 Å². The first-order chi connectivity index (χ1) is 13.0. The molecule has 0 bridgehead atoms. The van der Waals surface area contributed by atoms with Crippen LogP contribution in [0.3, 0.4) is 0 Å². The number of piperazine rings is 1. The number of amides is 2. The quantitative estimate of drug-likeness (QED) is 0.764. The van der Waals surface area contributed by atoms with Crippen molar-refractivity contribution >= 4 is 11.8 Å². The monoisotopic (exact) mass is 376 g/mol. The van der Waals surface area contributed by atoms with E-state index < -0.39 is 6.04 Å². The summed E-state index contributed by atoms with van der Waals surface area (Å²) in [4.78, 5) is 28.1. The van der Waals surface area contributed by atoms with Crippen molar-refractivity contribution in [3.63, 3.8) is 0 Å². The maximum atomic E-state index is 13.7. The molecular formula is C20H29FN4O2. The standard InChI is InChI=1S/C20H29FN4O2/c1-24(20(27)18-12-22-13-19(26)23-18)14-15-6-9-25(10-7-15)11-8-16-4-2-3-5-17(16)21/h2-5,15,18,22H,6-14H2,1H3,(H,23,26). The Labute approximate surface area is 160 Å². The van der Waals surface area contributed by atoms with Crippen LogP contribution in [0.2, 0.25) is 0 Å². The van der Waals surface area contributed by atoms with Crippen LogP contribution in [-0.4, -0.2) is 74.0 Å². The molecule has 7 heteroatoms. The zero-order valence-corrected chi connectivity index (χ0v) is 15.9. The van der Waals surface area contributed by atoms with Crippen molar-refractivity contribution in [2.75, 3.05) is 46.3 Å². The van der Waals surface area contributed by atoms with E-state index in [0.717, 1.165) is 44.5 Å². The number of nitrogens with zero attached hydrogens (tertiary/aromatic N) is 2. The normalized spacial score (nSPS) is 21.7. The van der Waals surface area contributed by atoms with Crippen LogP contribution >= 0.6 is 0 Å². The number of halogens is 1. The molecule has 148 valence electrons. The van der Waals surface area contributed by atoms with Gasteiger partial charge in [0.2, 0.25) is 11.8 Å². The molecule has 2 N–H and O–H groups in total. The van der Waals surface area contributed by atoms with Crippen molar-refractivity contribution in [1.29, 1.82) is 0 Å². The molecule has 0 spiro atoms. The Bertz CT molecular complexity index is 661. The highest BCUT2D eigenvalue weighted by Crippen LogP contribution is 2.19. The third-order valence-corrected chi connectivity index (χ3v) is 5.54. The van der Waals surface area contributed by atoms with Gasteiger partial charge in [0, 0.05) is 26.7 Å². The largest absolute Gasteiger partial charge is 0.344 e. The Balaban J connectivity index is 1.39. The van der Waals surface area contributed by atoms with Crippen LogP contribution in [-0.2, 0) is 16.0 Å². The van der Waals surface area contributed by atoms with Gasteiger partial charge in [-0.1, -0.05) is 18.2 Å². The van der Waals surface area contributed by atoms with Crippen LogP contribution in [0.4, 0.5) is 4.39 Å². The fourth-order valence-electron chi connectivity index (χ4n) is 3.89. The van der Waals surface area contributed by atoms with Gasteiger partial charge in [-0.15, -0.1) is 0 Å². The van der Waals surface area contributed by atoms with E-state index in [9.17, 15) is 14.0 Å². The van der Waals surface area contributed by atoms with Gasteiger partial charge < -0.3 is 20.4 Å². The minimum Gasteiger partial charge on any atom is -0.344 e. The van der Waals surface area contributed by atoms with E-state index in [1.807, 2.05) is 19.2 Å². The van der Waals surface area contributed by atoms with Crippen LogP contribution in [0.5, 0.6) is 0 Å². The molecule has 0 aromatic heterocycles. The van der Waals surface area contributed by atoms with Crippen molar-refractivity contribution in [3.05, 3.63) is 35.6 Å². The first-order valence-electron chi connectivity index (χ1n) is 9.73. The third kappa shape index (κ3) is 5.49. The molecule has 27 heavy (non-hydrogen) atoms. The van der Waals surface area contributed by atoms with E-state index in [2.05, 4.69) is 15.5 Å². The average molecular weight is 376 g/mol. The van der Waals surface area contributed by atoms with Crippen molar-refractivity contribution in [1.82, 2.24) is 20.4 Å². The smallest absolute Gasteiger partial charge is 0.246 e. The topological polar surface area (TPSA) is 64.7 Å². The molecule has 2 heterocycles. The molecule has 2 aliphatic rings. The van der Waals surface area contributed by atoms with Gasteiger partial charge in [-0.3, -0.25) is 9.59 Å². The number of piperidine rings is 1. The van der Waals surface area contributed by atoms with Crippen molar-refractivity contribution in [2.45, 2.75) is 25.3 Å². The SMILES string of the molecule is CN(CC1CCN(CCc2ccccc2F)CC1)C(=O)C1CNCC(=O)N1. The molecule has 2 aliphatic heterocycles. The van der Waals surface area contributed by atoms with Gasteiger partial charge >= 0.3 is 0 Å². The van der Waals surface area contributed by atoms with Crippen LogP contribution in [0.15, 0.2) is 24.3 Å². The van der Waals surface area contributed by atoms with Crippen LogP contribution in [0.25, 0.3) is 0 Å². The maximum Gasteiger partial charge on any atom is 0.246 e. The van der Waals surface area contributed by atoms with Crippen LogP contribution < -0.4 is 10.6 Å². The Kier molecular flexibility index (Phi) is 6.79. The third-order valence-electron chi connectivity index (χ3n) is 5.54. The zero-order valence-electron chi connectivity index (χ0n) is 15.9. The summed E-state index contributed by atoms with van der Waals surface area (Å²) < 4.78 is 13.7. The molecule has 0 radical (unpaired) electrons. The number of hydrogen-bond donors (Lipinski definition) is 2. The molecule has 0 aliphatic carbocycles. The summed E-state index contributed by atoms with van der Waals surface area (Å²) in [5.41, 5.74) is 0.771. The van der Waals surface area contributed by atoms with E-state index in [0.29, 0.717) is 19.0 Å². The molecule has 6 nitrogen and oxygen atoms in total. The van der Waals surface area contributed by atoms with Gasteiger partial charge in [0.25, 0.3) is 0 Å². The second kappa shape index (κ2) is 9.28. The second-order valence-electron chi connectivity index (χ2n) is 7.60. The van der Waals surface area contributed by atoms with Gasteiger partial charge in [0.15, 0.2) is 0 Å². The summed E-state index contributed by atoms with van der Waals surface area (Å²) in [6, 6.07) is 6.50. The summed E-state index contributed by atoms with van der Waals surface area (Å²) in [7, 11) is 1.81. The van der Waals surface area contributed by atoms with Crippen molar-refractivity contribution in [3.8, 4) is 0 Å². The predicted octanol–water partition coefficient (Wildman–Crippen LogP) is 0.627. The lowest BCUT2D eigenvalue weighted by atomic mass is 9.95. The van der Waals surface area contributed by atoms with E-state index >= 15 is 0 Å². The Morgan fingerprint density at radius 1 is 1.30 bits per heavy atom. The average Bonchev–Trinajstić information content (AvgIpc) is 2.68. The number of likely N-dealkylation sites (tertiary alicyclic amines) is 1. The molecule has 2 fully saturated rings. The maximum absolute atomic E-state index is 13.7. The first-order valence-corrected chi connectivity index (χ1v) is 9.73. The number of carbonyl (C=O) groups excluding carboxylic acids is 2. The fourth-order valence-corrected chi connectivity index (χ4v) is 3.89. The summed E-state index contributed by atoms with van der Waals surface area (Å²) >= 11 is 0. The number of likely N-dealkylation sites (N-methyl/N-ethyl adjacent to an activating group) is 1. The summed E-state index contributed by atoms with van der Waals surface area (Å²) in [6.45, 7) is 4.29. The zero-order chi connectivity index (χ0) is 19.2. The molecule has 0 saturated carbocycles. The summed E-state index contributed by atoms with van der Waals surface area (Å²) in [5.74, 6) is 0.182. The highest BCUT2D eigenvalue weighted by atomic mass is 19.1. The number of rotatable bonds is 6. The molecule has 2 amide bonds. The van der Waals surface area contributed by atoms with Gasteiger partial charge in [0.1, 0.15) is 11.9 Å². The Hall–Kier alpha value is -1.99. The van der Waals surface area contributed by atoms with Gasteiger partial charge in [-0.25, -0.2) is 4.39 Å². The predicted molar refractivity (Wildman–Crippen MR) is 102 cm³/mol. The minimum absolute atomic E-state index is 0.0301. The summed E-state index contributed by atoms with van der Waals surface area (Å²) in [5, 5.41) is 5.72. The highest BCUT2D eigenvalue weighted by molar-refractivity contribution is 5.89. The lowest BCUT2D eigenvalue weighted by molar-refractivity contribution is -0.136. The number of nitrogens with one attached hydrogen (secondary N) is 2. The summed E-state index contributed by atoms with van der Waals surface area (Å²) in [6.07, 6.45) is 2.79.